The molecule has 4 rings (SSSR count). The van der Waals surface area contributed by atoms with Gasteiger partial charge in [0.15, 0.2) is 0 Å². The highest BCUT2D eigenvalue weighted by Gasteiger charge is 2.22. The van der Waals surface area contributed by atoms with Crippen LogP contribution in [0.2, 0.25) is 10.0 Å². The number of nitrogen functional groups attached to an aromatic ring is 1. The summed E-state index contributed by atoms with van der Waals surface area (Å²) in [5.74, 6) is 0.0998. The molecule has 0 aliphatic rings. The van der Waals surface area contributed by atoms with E-state index in [9.17, 15) is 4.79 Å². The fraction of sp³-hybridized carbons (Fsp3) is 0.138. The molecule has 0 aliphatic carbocycles. The summed E-state index contributed by atoms with van der Waals surface area (Å²) in [4.78, 5) is 13.0. The lowest BCUT2D eigenvalue weighted by Gasteiger charge is -2.25. The number of benzene rings is 4. The first-order valence-electron chi connectivity index (χ1n) is 11.2. The summed E-state index contributed by atoms with van der Waals surface area (Å²) < 4.78 is 0. The van der Waals surface area contributed by atoms with E-state index in [0.29, 0.717) is 27.8 Å². The van der Waals surface area contributed by atoms with Gasteiger partial charge in [0.2, 0.25) is 0 Å². The number of rotatable bonds is 7. The van der Waals surface area contributed by atoms with Gasteiger partial charge in [-0.15, -0.1) is 0 Å². The number of hydrogen-bond acceptors (Lipinski definition) is 2. The van der Waals surface area contributed by atoms with Gasteiger partial charge in [0, 0.05) is 39.3 Å². The van der Waals surface area contributed by atoms with Crippen molar-refractivity contribution in [2.75, 3.05) is 12.3 Å². The van der Waals surface area contributed by atoms with Crippen molar-refractivity contribution in [3.63, 3.8) is 0 Å². The van der Waals surface area contributed by atoms with Gasteiger partial charge >= 0.3 is 0 Å². The first-order valence-corrected chi connectivity index (χ1v) is 11.9. The van der Waals surface area contributed by atoms with E-state index in [1.54, 1.807) is 0 Å². The third kappa shape index (κ3) is 5.61. The topological polar surface area (TPSA) is 55.1 Å². The second-order valence-electron chi connectivity index (χ2n) is 8.37. The predicted molar refractivity (Wildman–Crippen MR) is 143 cm³/mol. The van der Waals surface area contributed by atoms with Crippen molar-refractivity contribution in [1.29, 1.82) is 0 Å². The maximum atomic E-state index is 13.0. The second kappa shape index (κ2) is 10.8. The van der Waals surface area contributed by atoms with Crippen LogP contribution in [0.4, 0.5) is 5.69 Å². The molecular formula is C29H26Cl2N2O. The maximum Gasteiger partial charge on any atom is 0.251 e. The molecule has 0 aliphatic heterocycles. The fourth-order valence-electron chi connectivity index (χ4n) is 4.16. The molecule has 0 saturated heterocycles. The van der Waals surface area contributed by atoms with Crippen molar-refractivity contribution in [1.82, 2.24) is 5.32 Å². The van der Waals surface area contributed by atoms with Crippen LogP contribution >= 0.6 is 23.2 Å². The van der Waals surface area contributed by atoms with Gasteiger partial charge < -0.3 is 11.1 Å². The lowest BCUT2D eigenvalue weighted by Crippen LogP contribution is -2.30. The van der Waals surface area contributed by atoms with Crippen LogP contribution < -0.4 is 11.1 Å². The number of nitrogens with two attached hydrogens (primary N) is 1. The monoisotopic (exact) mass is 488 g/mol. The Kier molecular flexibility index (Phi) is 7.56. The molecule has 0 fully saturated rings. The minimum Gasteiger partial charge on any atom is -0.398 e. The van der Waals surface area contributed by atoms with Gasteiger partial charge in [0.05, 0.1) is 0 Å². The van der Waals surface area contributed by atoms with Crippen molar-refractivity contribution in [3.8, 4) is 11.1 Å². The number of carbonyl (C=O) groups is 1. The highest BCUT2D eigenvalue weighted by molar-refractivity contribution is 6.30. The van der Waals surface area contributed by atoms with E-state index in [2.05, 4.69) is 12.2 Å². The normalized spacial score (nSPS) is 12.7. The van der Waals surface area contributed by atoms with E-state index in [1.165, 1.54) is 0 Å². The Balaban J connectivity index is 1.51. The average Bonchev–Trinajstić information content (AvgIpc) is 2.86. The molecule has 4 aromatic carbocycles. The number of nitrogens with one attached hydrogen (secondary N) is 1. The quantitative estimate of drug-likeness (QED) is 0.263. The zero-order chi connectivity index (χ0) is 24.1. The molecule has 172 valence electrons. The standard InChI is InChI=1S/C29H26Cl2N2O/c1-19(20-10-14-24(30)15-11-20)27(22-12-16-25(31)17-13-22)18-33-29(34)23-8-6-21(7-9-23)26-4-2-3-5-28(26)32/h2-17,19,27H,18,32H2,1H3,(H,33,34). The number of anilines is 1. The Labute approximate surface area is 210 Å². The highest BCUT2D eigenvalue weighted by atomic mass is 35.5. The Morgan fingerprint density at radius 2 is 1.35 bits per heavy atom. The molecule has 5 heteroatoms. The number of halogens is 2. The van der Waals surface area contributed by atoms with Crippen LogP contribution in [-0.2, 0) is 0 Å². The SMILES string of the molecule is CC(c1ccc(Cl)cc1)C(CNC(=O)c1ccc(-c2ccccc2N)cc1)c1ccc(Cl)cc1. The number of carbonyl (C=O) groups excluding carboxylic acids is 1. The molecule has 0 spiro atoms. The van der Waals surface area contributed by atoms with Gasteiger partial charge in [0.1, 0.15) is 0 Å². The minimum atomic E-state index is -0.116. The molecule has 2 atom stereocenters. The third-order valence-electron chi connectivity index (χ3n) is 6.20. The summed E-state index contributed by atoms with van der Waals surface area (Å²) in [6, 6.07) is 30.9. The van der Waals surface area contributed by atoms with Crippen molar-refractivity contribution < 1.29 is 4.79 Å². The van der Waals surface area contributed by atoms with Crippen molar-refractivity contribution in [2.24, 2.45) is 0 Å². The highest BCUT2D eigenvalue weighted by Crippen LogP contribution is 2.33. The van der Waals surface area contributed by atoms with Gasteiger partial charge in [-0.2, -0.15) is 0 Å². The summed E-state index contributed by atoms with van der Waals surface area (Å²) in [6.45, 7) is 2.64. The van der Waals surface area contributed by atoms with Crippen LogP contribution in [-0.4, -0.2) is 12.5 Å². The summed E-state index contributed by atoms with van der Waals surface area (Å²) >= 11 is 12.2. The smallest absolute Gasteiger partial charge is 0.251 e. The van der Waals surface area contributed by atoms with E-state index >= 15 is 0 Å². The molecule has 0 aromatic heterocycles. The van der Waals surface area contributed by atoms with Crippen LogP contribution in [0, 0.1) is 0 Å². The minimum absolute atomic E-state index is 0.0609. The van der Waals surface area contributed by atoms with E-state index in [1.807, 2.05) is 97.1 Å². The summed E-state index contributed by atoms with van der Waals surface area (Å²) in [7, 11) is 0. The van der Waals surface area contributed by atoms with Crippen LogP contribution in [0.15, 0.2) is 97.1 Å². The largest absolute Gasteiger partial charge is 0.398 e. The van der Waals surface area contributed by atoms with Gasteiger partial charge in [0.25, 0.3) is 5.91 Å². The molecule has 1 amide bonds. The lowest BCUT2D eigenvalue weighted by molar-refractivity contribution is 0.0950. The molecule has 0 radical (unpaired) electrons. The zero-order valence-corrected chi connectivity index (χ0v) is 20.4. The van der Waals surface area contributed by atoms with E-state index in [0.717, 1.165) is 22.3 Å². The molecule has 0 bridgehead atoms. The zero-order valence-electron chi connectivity index (χ0n) is 18.8. The Hall–Kier alpha value is -3.27. The summed E-state index contributed by atoms with van der Waals surface area (Å²) in [5, 5.41) is 4.51. The van der Waals surface area contributed by atoms with Crippen LogP contribution in [0.3, 0.4) is 0 Å². The Morgan fingerprint density at radius 3 is 1.94 bits per heavy atom. The lowest BCUT2D eigenvalue weighted by atomic mass is 9.82. The molecular weight excluding hydrogens is 463 g/mol. The summed E-state index contributed by atoms with van der Waals surface area (Å²) in [5.41, 5.74) is 11.6. The van der Waals surface area contributed by atoms with Gasteiger partial charge in [-0.05, 0) is 65.1 Å². The molecule has 2 unspecified atom stereocenters. The van der Waals surface area contributed by atoms with E-state index in [-0.39, 0.29) is 17.7 Å². The van der Waals surface area contributed by atoms with Crippen molar-refractivity contribution in [2.45, 2.75) is 18.8 Å². The first-order chi connectivity index (χ1) is 16.4. The molecule has 34 heavy (non-hydrogen) atoms. The Bertz CT molecular complexity index is 1250. The van der Waals surface area contributed by atoms with Gasteiger partial charge in [-0.25, -0.2) is 0 Å². The predicted octanol–water partition coefficient (Wildman–Crippen LogP) is 7.56. The molecule has 0 heterocycles. The fourth-order valence-corrected chi connectivity index (χ4v) is 4.41. The van der Waals surface area contributed by atoms with E-state index < -0.39 is 0 Å². The van der Waals surface area contributed by atoms with Crippen molar-refractivity contribution in [3.05, 3.63) is 124 Å². The third-order valence-corrected chi connectivity index (χ3v) is 6.70. The Morgan fingerprint density at radius 1 is 0.794 bits per heavy atom. The molecule has 3 N–H and O–H groups in total. The second-order valence-corrected chi connectivity index (χ2v) is 9.25. The molecule has 3 nitrogen and oxygen atoms in total. The number of para-hydroxylation sites is 1. The van der Waals surface area contributed by atoms with Crippen LogP contribution in [0.25, 0.3) is 11.1 Å². The maximum absolute atomic E-state index is 13.0. The van der Waals surface area contributed by atoms with Crippen LogP contribution in [0.5, 0.6) is 0 Å². The number of amides is 1. The summed E-state index contributed by atoms with van der Waals surface area (Å²) in [6.07, 6.45) is 0. The number of hydrogen-bond donors (Lipinski definition) is 2. The van der Waals surface area contributed by atoms with Crippen molar-refractivity contribution >= 4 is 34.8 Å². The molecule has 4 aromatic rings. The average molecular weight is 489 g/mol. The first kappa shape index (κ1) is 23.9. The van der Waals surface area contributed by atoms with Gasteiger partial charge in [-0.3, -0.25) is 4.79 Å². The van der Waals surface area contributed by atoms with Crippen LogP contribution in [0.1, 0.15) is 40.2 Å². The van der Waals surface area contributed by atoms with Gasteiger partial charge in [-0.1, -0.05) is 84.7 Å². The molecule has 0 saturated carbocycles. The van der Waals surface area contributed by atoms with E-state index in [4.69, 9.17) is 28.9 Å².